The fourth-order valence-corrected chi connectivity index (χ4v) is 1.01. The molecule has 1 atom stereocenters. The summed E-state index contributed by atoms with van der Waals surface area (Å²) in [6.07, 6.45) is 1.20. The van der Waals surface area contributed by atoms with E-state index in [2.05, 4.69) is 4.98 Å². The SMILES string of the molecule is CN(C)CC(O)c1ccccn1. The van der Waals surface area contributed by atoms with Crippen LogP contribution in [0.5, 0.6) is 0 Å². The lowest BCUT2D eigenvalue weighted by Gasteiger charge is -2.14. The van der Waals surface area contributed by atoms with E-state index in [1.807, 2.05) is 37.2 Å². The van der Waals surface area contributed by atoms with Crippen molar-refractivity contribution in [2.24, 2.45) is 0 Å². The van der Waals surface area contributed by atoms with Crippen molar-refractivity contribution in [3.63, 3.8) is 0 Å². The van der Waals surface area contributed by atoms with Crippen LogP contribution in [-0.2, 0) is 0 Å². The highest BCUT2D eigenvalue weighted by Gasteiger charge is 2.08. The average Bonchev–Trinajstić information content (AvgIpc) is 2.05. The molecular formula is C9H14N2O. The fraction of sp³-hybridized carbons (Fsp3) is 0.444. The smallest absolute Gasteiger partial charge is 0.109 e. The lowest BCUT2D eigenvalue weighted by atomic mass is 10.2. The second-order valence-electron chi connectivity index (χ2n) is 3.03. The van der Waals surface area contributed by atoms with E-state index in [1.54, 1.807) is 6.20 Å². The van der Waals surface area contributed by atoms with E-state index in [-0.39, 0.29) is 0 Å². The first kappa shape index (κ1) is 9.16. The Morgan fingerprint density at radius 3 is 2.75 bits per heavy atom. The van der Waals surface area contributed by atoms with Crippen LogP contribution in [0, 0.1) is 0 Å². The molecule has 1 rings (SSSR count). The molecule has 3 nitrogen and oxygen atoms in total. The van der Waals surface area contributed by atoms with E-state index in [0.29, 0.717) is 6.54 Å². The molecule has 0 bridgehead atoms. The second-order valence-corrected chi connectivity index (χ2v) is 3.03. The van der Waals surface area contributed by atoms with Crippen LogP contribution in [-0.4, -0.2) is 35.6 Å². The molecule has 66 valence electrons. The van der Waals surface area contributed by atoms with E-state index < -0.39 is 6.10 Å². The Morgan fingerprint density at radius 1 is 1.50 bits per heavy atom. The summed E-state index contributed by atoms with van der Waals surface area (Å²) >= 11 is 0. The molecule has 0 aliphatic carbocycles. The number of hydrogen-bond donors (Lipinski definition) is 1. The maximum atomic E-state index is 9.59. The summed E-state index contributed by atoms with van der Waals surface area (Å²) in [4.78, 5) is 5.98. The average molecular weight is 166 g/mol. The van der Waals surface area contributed by atoms with Gasteiger partial charge in [0.2, 0.25) is 0 Å². The molecule has 0 aliphatic heterocycles. The summed E-state index contributed by atoms with van der Waals surface area (Å²) in [5, 5.41) is 9.59. The van der Waals surface area contributed by atoms with E-state index in [0.717, 1.165) is 5.69 Å². The molecule has 12 heavy (non-hydrogen) atoms. The zero-order chi connectivity index (χ0) is 8.97. The fourth-order valence-electron chi connectivity index (χ4n) is 1.01. The van der Waals surface area contributed by atoms with Gasteiger partial charge in [-0.05, 0) is 26.2 Å². The van der Waals surface area contributed by atoms with Crippen molar-refractivity contribution < 1.29 is 5.11 Å². The van der Waals surface area contributed by atoms with Gasteiger partial charge in [0.25, 0.3) is 0 Å². The van der Waals surface area contributed by atoms with Crippen molar-refractivity contribution >= 4 is 0 Å². The molecule has 3 heteroatoms. The number of rotatable bonds is 3. The van der Waals surface area contributed by atoms with Crippen LogP contribution in [0.1, 0.15) is 11.8 Å². The van der Waals surface area contributed by atoms with Crippen LogP contribution in [0.2, 0.25) is 0 Å². The summed E-state index contributed by atoms with van der Waals surface area (Å²) in [7, 11) is 3.85. The van der Waals surface area contributed by atoms with Crippen LogP contribution in [0.3, 0.4) is 0 Å². The normalized spacial score (nSPS) is 13.3. The Morgan fingerprint density at radius 2 is 2.25 bits per heavy atom. The molecule has 1 N–H and O–H groups in total. The molecule has 1 aromatic rings. The number of aliphatic hydroxyl groups is 1. The van der Waals surface area contributed by atoms with Gasteiger partial charge in [0.15, 0.2) is 0 Å². The summed E-state index contributed by atoms with van der Waals surface area (Å²) in [5.74, 6) is 0. The van der Waals surface area contributed by atoms with Crippen molar-refractivity contribution in [3.05, 3.63) is 30.1 Å². The van der Waals surface area contributed by atoms with Crippen LogP contribution < -0.4 is 0 Å². The molecule has 0 aromatic carbocycles. The lowest BCUT2D eigenvalue weighted by molar-refractivity contribution is 0.134. The Bertz CT molecular complexity index is 223. The summed E-state index contributed by atoms with van der Waals surface area (Å²) < 4.78 is 0. The lowest BCUT2D eigenvalue weighted by Crippen LogP contribution is -2.20. The monoisotopic (exact) mass is 166 g/mol. The zero-order valence-corrected chi connectivity index (χ0v) is 7.44. The van der Waals surface area contributed by atoms with E-state index in [1.165, 1.54) is 0 Å². The van der Waals surface area contributed by atoms with Crippen molar-refractivity contribution in [1.82, 2.24) is 9.88 Å². The molecule has 0 radical (unpaired) electrons. The molecular weight excluding hydrogens is 152 g/mol. The van der Waals surface area contributed by atoms with Crippen LogP contribution >= 0.6 is 0 Å². The Kier molecular flexibility index (Phi) is 3.19. The van der Waals surface area contributed by atoms with Gasteiger partial charge < -0.3 is 10.0 Å². The minimum atomic E-state index is -0.485. The third-order valence-corrected chi connectivity index (χ3v) is 1.57. The molecule has 0 saturated heterocycles. The molecule has 0 saturated carbocycles. The first-order valence-electron chi connectivity index (χ1n) is 3.94. The number of likely N-dealkylation sites (N-methyl/N-ethyl adjacent to an activating group) is 1. The van der Waals surface area contributed by atoms with Crippen molar-refractivity contribution in [2.75, 3.05) is 20.6 Å². The first-order valence-corrected chi connectivity index (χ1v) is 3.94. The molecule has 0 spiro atoms. The maximum Gasteiger partial charge on any atom is 0.109 e. The van der Waals surface area contributed by atoms with Gasteiger partial charge in [-0.15, -0.1) is 0 Å². The third kappa shape index (κ3) is 2.60. The van der Waals surface area contributed by atoms with Crippen LogP contribution in [0.15, 0.2) is 24.4 Å². The van der Waals surface area contributed by atoms with Crippen molar-refractivity contribution in [3.8, 4) is 0 Å². The number of hydrogen-bond acceptors (Lipinski definition) is 3. The molecule has 0 amide bonds. The minimum absolute atomic E-state index is 0.485. The van der Waals surface area contributed by atoms with Crippen molar-refractivity contribution in [1.29, 1.82) is 0 Å². The van der Waals surface area contributed by atoms with E-state index in [9.17, 15) is 5.11 Å². The highest BCUT2D eigenvalue weighted by atomic mass is 16.3. The molecule has 1 heterocycles. The molecule has 0 fully saturated rings. The number of nitrogens with zero attached hydrogens (tertiary/aromatic N) is 2. The van der Waals surface area contributed by atoms with Crippen LogP contribution in [0.25, 0.3) is 0 Å². The van der Waals surface area contributed by atoms with Gasteiger partial charge in [-0.2, -0.15) is 0 Å². The van der Waals surface area contributed by atoms with Gasteiger partial charge >= 0.3 is 0 Å². The Balaban J connectivity index is 2.59. The summed E-state index contributed by atoms with van der Waals surface area (Å²) in [6.45, 7) is 0.608. The highest BCUT2D eigenvalue weighted by molar-refractivity contribution is 5.06. The quantitative estimate of drug-likeness (QED) is 0.717. The minimum Gasteiger partial charge on any atom is -0.385 e. The van der Waals surface area contributed by atoms with Gasteiger partial charge in [0.1, 0.15) is 6.10 Å². The van der Waals surface area contributed by atoms with Gasteiger partial charge in [-0.1, -0.05) is 6.07 Å². The predicted molar refractivity (Wildman–Crippen MR) is 47.8 cm³/mol. The molecule has 0 aliphatic rings. The number of aliphatic hydroxyl groups excluding tert-OH is 1. The van der Waals surface area contributed by atoms with E-state index >= 15 is 0 Å². The topological polar surface area (TPSA) is 36.4 Å². The summed E-state index contributed by atoms with van der Waals surface area (Å²) in [6, 6.07) is 5.54. The van der Waals surface area contributed by atoms with Gasteiger partial charge in [-0.25, -0.2) is 0 Å². The predicted octanol–water partition coefficient (Wildman–Crippen LogP) is 0.677. The number of pyridine rings is 1. The van der Waals surface area contributed by atoms with Crippen LogP contribution in [0.4, 0.5) is 0 Å². The maximum absolute atomic E-state index is 9.59. The van der Waals surface area contributed by atoms with Crippen molar-refractivity contribution in [2.45, 2.75) is 6.10 Å². The van der Waals surface area contributed by atoms with Gasteiger partial charge in [-0.3, -0.25) is 4.98 Å². The summed E-state index contributed by atoms with van der Waals surface area (Å²) in [5.41, 5.74) is 0.728. The largest absolute Gasteiger partial charge is 0.385 e. The second kappa shape index (κ2) is 4.18. The van der Waals surface area contributed by atoms with Gasteiger partial charge in [0, 0.05) is 12.7 Å². The highest BCUT2D eigenvalue weighted by Crippen LogP contribution is 2.08. The van der Waals surface area contributed by atoms with E-state index in [4.69, 9.17) is 0 Å². The zero-order valence-electron chi connectivity index (χ0n) is 7.44. The number of aromatic nitrogens is 1. The molecule has 1 aromatic heterocycles. The standard InChI is InChI=1S/C9H14N2O/c1-11(2)7-9(12)8-5-3-4-6-10-8/h3-6,9,12H,7H2,1-2H3. The Labute approximate surface area is 72.7 Å². The van der Waals surface area contributed by atoms with Gasteiger partial charge in [0.05, 0.1) is 5.69 Å². The Hall–Kier alpha value is -0.930. The molecule has 1 unspecified atom stereocenters. The third-order valence-electron chi connectivity index (χ3n) is 1.57. The first-order chi connectivity index (χ1) is 5.70.